The highest BCUT2D eigenvalue weighted by Gasteiger charge is 2.17. The van der Waals surface area contributed by atoms with Gasteiger partial charge in [0.1, 0.15) is 0 Å². The average molecular weight is 411 g/mol. The number of carbonyl (C=O) groups excluding carboxylic acids is 1. The van der Waals surface area contributed by atoms with Gasteiger partial charge in [0.15, 0.2) is 17.6 Å². The quantitative estimate of drug-likeness (QED) is 0.757. The average Bonchev–Trinajstić information content (AvgIpc) is 2.50. The molecule has 0 saturated heterocycles. The molecular weight excluding hydrogens is 393 g/mol. The van der Waals surface area contributed by atoms with E-state index in [-0.39, 0.29) is 5.91 Å². The molecule has 2 rings (SSSR count). The number of anilines is 1. The van der Waals surface area contributed by atoms with E-state index >= 15 is 0 Å². The Hall–Kier alpha value is -1.76. The zero-order valence-electron chi connectivity index (χ0n) is 12.7. The molecule has 0 aliphatic heterocycles. The third-order valence-electron chi connectivity index (χ3n) is 3.19. The molecule has 0 bridgehead atoms. The van der Waals surface area contributed by atoms with Crippen LogP contribution in [0.3, 0.4) is 0 Å². The minimum atomic E-state index is -0.630. The smallest absolute Gasteiger partial charge is 0.265 e. The van der Waals surface area contributed by atoms with Crippen molar-refractivity contribution < 1.29 is 14.3 Å². The van der Waals surface area contributed by atoms with Crippen LogP contribution in [-0.4, -0.2) is 19.1 Å². The van der Waals surface area contributed by atoms with Crippen LogP contribution in [0.2, 0.25) is 0 Å². The van der Waals surface area contributed by atoms with Crippen molar-refractivity contribution in [1.82, 2.24) is 0 Å². The van der Waals surface area contributed by atoms with Crippen LogP contribution in [0.5, 0.6) is 11.5 Å². The van der Waals surface area contributed by atoms with Gasteiger partial charge in [0.2, 0.25) is 0 Å². The molecule has 1 unspecified atom stereocenters. The van der Waals surface area contributed by atoms with Crippen molar-refractivity contribution in [2.45, 2.75) is 20.0 Å². The Morgan fingerprint density at radius 1 is 1.18 bits per heavy atom. The van der Waals surface area contributed by atoms with Crippen LogP contribution in [0.15, 0.2) is 42.5 Å². The van der Waals surface area contributed by atoms with E-state index in [0.29, 0.717) is 11.5 Å². The van der Waals surface area contributed by atoms with Crippen LogP contribution in [0.1, 0.15) is 12.5 Å². The Labute approximate surface area is 144 Å². The number of carbonyl (C=O) groups is 1. The molecule has 1 atom stereocenters. The lowest BCUT2D eigenvalue weighted by atomic mass is 10.2. The fraction of sp³-hybridized carbons (Fsp3) is 0.235. The normalized spacial score (nSPS) is 11.6. The van der Waals surface area contributed by atoms with E-state index in [9.17, 15) is 4.79 Å². The first kappa shape index (κ1) is 16.6. The van der Waals surface area contributed by atoms with E-state index in [1.807, 2.05) is 37.3 Å². The lowest BCUT2D eigenvalue weighted by molar-refractivity contribution is -0.122. The second-order valence-electron chi connectivity index (χ2n) is 4.86. The summed E-state index contributed by atoms with van der Waals surface area (Å²) in [4.78, 5) is 12.3. The van der Waals surface area contributed by atoms with Crippen molar-refractivity contribution >= 4 is 34.2 Å². The van der Waals surface area contributed by atoms with E-state index in [2.05, 4.69) is 27.9 Å². The van der Waals surface area contributed by atoms with Crippen LogP contribution >= 0.6 is 22.6 Å². The van der Waals surface area contributed by atoms with Gasteiger partial charge in [-0.25, -0.2) is 0 Å². The lowest BCUT2D eigenvalue weighted by Gasteiger charge is -2.17. The molecule has 0 fully saturated rings. The van der Waals surface area contributed by atoms with Gasteiger partial charge in [-0.3, -0.25) is 4.79 Å². The lowest BCUT2D eigenvalue weighted by Crippen LogP contribution is -2.30. The second kappa shape index (κ2) is 7.49. The summed E-state index contributed by atoms with van der Waals surface area (Å²) in [5.41, 5.74) is 1.81. The van der Waals surface area contributed by atoms with Crippen LogP contribution < -0.4 is 14.8 Å². The van der Waals surface area contributed by atoms with Crippen molar-refractivity contribution in [3.8, 4) is 11.5 Å². The van der Waals surface area contributed by atoms with Crippen molar-refractivity contribution in [3.05, 3.63) is 51.6 Å². The second-order valence-corrected chi connectivity index (χ2v) is 6.11. The summed E-state index contributed by atoms with van der Waals surface area (Å²) in [5, 5.41) is 2.89. The van der Waals surface area contributed by atoms with Gasteiger partial charge in [-0.1, -0.05) is 12.1 Å². The number of methoxy groups -OCH3 is 1. The Kier molecular flexibility index (Phi) is 5.65. The Balaban J connectivity index is 2.06. The van der Waals surface area contributed by atoms with Gasteiger partial charge in [0.05, 0.1) is 7.11 Å². The maximum atomic E-state index is 12.3. The van der Waals surface area contributed by atoms with Crippen LogP contribution in [0.25, 0.3) is 0 Å². The molecule has 0 aliphatic rings. The number of rotatable bonds is 5. The highest BCUT2D eigenvalue weighted by atomic mass is 127. The summed E-state index contributed by atoms with van der Waals surface area (Å²) in [5.74, 6) is 0.954. The predicted octanol–water partition coefficient (Wildman–Crippen LogP) is 4.01. The number of benzene rings is 2. The van der Waals surface area contributed by atoms with E-state index in [0.717, 1.165) is 14.8 Å². The van der Waals surface area contributed by atoms with Gasteiger partial charge in [-0.15, -0.1) is 0 Å². The molecule has 22 heavy (non-hydrogen) atoms. The van der Waals surface area contributed by atoms with Gasteiger partial charge in [-0.2, -0.15) is 0 Å². The monoisotopic (exact) mass is 411 g/mol. The number of aryl methyl sites for hydroxylation is 1. The standard InChI is InChI=1S/C17H18INO3/c1-11-10-13(18)8-9-14(11)19-17(20)12(2)22-16-7-5-4-6-15(16)21-3/h4-10,12H,1-3H3,(H,19,20). The number of hydrogen-bond donors (Lipinski definition) is 1. The summed E-state index contributed by atoms with van der Waals surface area (Å²) in [6.45, 7) is 3.67. The van der Waals surface area contributed by atoms with E-state index in [1.54, 1.807) is 26.2 Å². The number of ether oxygens (including phenoxy) is 2. The predicted molar refractivity (Wildman–Crippen MR) is 95.6 cm³/mol. The molecule has 0 spiro atoms. The van der Waals surface area contributed by atoms with E-state index < -0.39 is 6.10 Å². The fourth-order valence-corrected chi connectivity index (χ4v) is 2.61. The van der Waals surface area contributed by atoms with Gasteiger partial charge in [0.25, 0.3) is 5.91 Å². The van der Waals surface area contributed by atoms with Gasteiger partial charge < -0.3 is 14.8 Å². The maximum absolute atomic E-state index is 12.3. The molecule has 0 heterocycles. The van der Waals surface area contributed by atoms with Crippen LogP contribution in [-0.2, 0) is 4.79 Å². The third-order valence-corrected chi connectivity index (χ3v) is 3.86. The topological polar surface area (TPSA) is 47.6 Å². The zero-order chi connectivity index (χ0) is 16.1. The number of nitrogens with one attached hydrogen (secondary N) is 1. The third kappa shape index (κ3) is 4.13. The van der Waals surface area contributed by atoms with Crippen LogP contribution in [0, 0.1) is 10.5 Å². The molecule has 0 aromatic heterocycles. The molecule has 4 nitrogen and oxygen atoms in total. The molecular formula is C17H18INO3. The summed E-state index contributed by atoms with van der Waals surface area (Å²) >= 11 is 2.24. The molecule has 1 amide bonds. The molecule has 1 N–H and O–H groups in total. The first-order valence-electron chi connectivity index (χ1n) is 6.88. The van der Waals surface area contributed by atoms with Gasteiger partial charge >= 0.3 is 0 Å². The Morgan fingerprint density at radius 2 is 1.86 bits per heavy atom. The molecule has 116 valence electrons. The van der Waals surface area contributed by atoms with Gasteiger partial charge in [-0.05, 0) is 72.3 Å². The summed E-state index contributed by atoms with van der Waals surface area (Å²) in [6.07, 6.45) is -0.630. The first-order valence-corrected chi connectivity index (χ1v) is 7.96. The molecule has 2 aromatic rings. The summed E-state index contributed by atoms with van der Waals surface area (Å²) < 4.78 is 12.0. The SMILES string of the molecule is COc1ccccc1OC(C)C(=O)Nc1ccc(I)cc1C. The van der Waals surface area contributed by atoms with Gasteiger partial charge in [0, 0.05) is 9.26 Å². The number of para-hydroxylation sites is 2. The van der Waals surface area contributed by atoms with Crippen molar-refractivity contribution in [3.63, 3.8) is 0 Å². The highest BCUT2D eigenvalue weighted by molar-refractivity contribution is 14.1. The van der Waals surface area contributed by atoms with Crippen molar-refractivity contribution in [1.29, 1.82) is 0 Å². The van der Waals surface area contributed by atoms with Crippen molar-refractivity contribution in [2.24, 2.45) is 0 Å². The summed E-state index contributed by atoms with van der Waals surface area (Å²) in [7, 11) is 1.57. The molecule has 0 radical (unpaired) electrons. The highest BCUT2D eigenvalue weighted by Crippen LogP contribution is 2.27. The van der Waals surface area contributed by atoms with E-state index in [1.165, 1.54) is 0 Å². The number of amides is 1. The maximum Gasteiger partial charge on any atom is 0.265 e. The molecule has 0 saturated carbocycles. The minimum absolute atomic E-state index is 0.199. The zero-order valence-corrected chi connectivity index (χ0v) is 14.9. The Bertz CT molecular complexity index is 673. The molecule has 5 heteroatoms. The Morgan fingerprint density at radius 3 is 2.50 bits per heavy atom. The summed E-state index contributed by atoms with van der Waals surface area (Å²) in [6, 6.07) is 13.1. The number of hydrogen-bond acceptors (Lipinski definition) is 3. The largest absolute Gasteiger partial charge is 0.493 e. The minimum Gasteiger partial charge on any atom is -0.493 e. The van der Waals surface area contributed by atoms with E-state index in [4.69, 9.17) is 9.47 Å². The van der Waals surface area contributed by atoms with Crippen molar-refractivity contribution in [2.75, 3.05) is 12.4 Å². The number of halogens is 1. The van der Waals surface area contributed by atoms with Crippen LogP contribution in [0.4, 0.5) is 5.69 Å². The fourth-order valence-electron chi connectivity index (χ4n) is 1.96. The first-order chi connectivity index (χ1) is 10.5. The molecule has 2 aromatic carbocycles. The molecule has 0 aliphatic carbocycles.